The lowest BCUT2D eigenvalue weighted by Gasteiger charge is -1.92. The monoisotopic (exact) mass is 255 g/mol. The predicted octanol–water partition coefficient (Wildman–Crippen LogP) is 1.19. The quantitative estimate of drug-likeness (QED) is 0.738. The summed E-state index contributed by atoms with van der Waals surface area (Å²) in [7, 11) is 0. The van der Waals surface area contributed by atoms with E-state index in [0.29, 0.717) is 17.1 Å². The first-order chi connectivity index (χ1) is 9.24. The van der Waals surface area contributed by atoms with E-state index < -0.39 is 0 Å². The van der Waals surface area contributed by atoms with Crippen molar-refractivity contribution < 1.29 is 4.52 Å². The van der Waals surface area contributed by atoms with Crippen LogP contribution in [0.1, 0.15) is 5.69 Å². The zero-order valence-corrected chi connectivity index (χ0v) is 9.99. The molecule has 3 rings (SSSR count). The zero-order valence-electron chi connectivity index (χ0n) is 9.99. The first kappa shape index (κ1) is 11.3. The summed E-state index contributed by atoms with van der Waals surface area (Å²) in [6, 6.07) is 6.84. The lowest BCUT2D eigenvalue weighted by atomic mass is 10.3. The highest BCUT2D eigenvalue weighted by molar-refractivity contribution is 5.55. The van der Waals surface area contributed by atoms with Crippen LogP contribution in [0.25, 0.3) is 23.0 Å². The molecular formula is C12H9N5O2. The molecule has 0 aromatic carbocycles. The number of pyridine rings is 1. The van der Waals surface area contributed by atoms with Gasteiger partial charge in [0.1, 0.15) is 11.3 Å². The standard InChI is InChI=1S/C12H9N5O2/c1-7-4-5-9(16-15-7)10-14-12(19-17-10)8-3-2-6-13-11(8)18/h2-6H,1H3,(H,13,18). The van der Waals surface area contributed by atoms with E-state index in [1.165, 1.54) is 6.20 Å². The minimum absolute atomic E-state index is 0.152. The van der Waals surface area contributed by atoms with Gasteiger partial charge in [-0.25, -0.2) is 0 Å². The van der Waals surface area contributed by atoms with E-state index in [2.05, 4.69) is 25.3 Å². The zero-order chi connectivity index (χ0) is 13.2. The molecule has 0 radical (unpaired) electrons. The van der Waals surface area contributed by atoms with Gasteiger partial charge in [0.25, 0.3) is 11.4 Å². The fourth-order valence-corrected chi connectivity index (χ4v) is 1.55. The Morgan fingerprint density at radius 2 is 2.11 bits per heavy atom. The Bertz CT molecular complexity index is 760. The first-order valence-corrected chi connectivity index (χ1v) is 5.56. The van der Waals surface area contributed by atoms with E-state index in [4.69, 9.17) is 4.52 Å². The number of aromatic amines is 1. The van der Waals surface area contributed by atoms with Gasteiger partial charge >= 0.3 is 0 Å². The van der Waals surface area contributed by atoms with Crippen LogP contribution in [0.5, 0.6) is 0 Å². The van der Waals surface area contributed by atoms with Gasteiger partial charge in [0.2, 0.25) is 5.82 Å². The Balaban J connectivity index is 2.02. The van der Waals surface area contributed by atoms with E-state index in [1.807, 2.05) is 6.92 Å². The van der Waals surface area contributed by atoms with Crippen molar-refractivity contribution >= 4 is 0 Å². The number of aryl methyl sites for hydroxylation is 1. The molecule has 0 aliphatic rings. The van der Waals surface area contributed by atoms with Gasteiger partial charge in [0.15, 0.2) is 0 Å². The molecule has 0 spiro atoms. The molecule has 7 heteroatoms. The molecule has 0 unspecified atom stereocenters. The molecule has 3 heterocycles. The lowest BCUT2D eigenvalue weighted by Crippen LogP contribution is -2.06. The summed E-state index contributed by atoms with van der Waals surface area (Å²) in [6.45, 7) is 1.84. The lowest BCUT2D eigenvalue weighted by molar-refractivity contribution is 0.431. The number of nitrogens with one attached hydrogen (secondary N) is 1. The summed E-state index contributed by atoms with van der Waals surface area (Å²) >= 11 is 0. The highest BCUT2D eigenvalue weighted by atomic mass is 16.5. The van der Waals surface area contributed by atoms with Gasteiger partial charge in [-0.2, -0.15) is 10.1 Å². The number of hydrogen-bond donors (Lipinski definition) is 1. The highest BCUT2D eigenvalue weighted by Gasteiger charge is 2.14. The average molecular weight is 255 g/mol. The van der Waals surface area contributed by atoms with Crippen molar-refractivity contribution in [1.29, 1.82) is 0 Å². The highest BCUT2D eigenvalue weighted by Crippen LogP contribution is 2.17. The van der Waals surface area contributed by atoms with Crippen LogP contribution in [0.4, 0.5) is 0 Å². The van der Waals surface area contributed by atoms with E-state index in [-0.39, 0.29) is 11.4 Å². The van der Waals surface area contributed by atoms with Crippen molar-refractivity contribution in [3.63, 3.8) is 0 Å². The van der Waals surface area contributed by atoms with Crippen molar-refractivity contribution in [2.45, 2.75) is 6.92 Å². The van der Waals surface area contributed by atoms with Gasteiger partial charge in [-0.1, -0.05) is 5.16 Å². The molecule has 1 N–H and O–H groups in total. The Labute approximate surface area is 107 Å². The summed E-state index contributed by atoms with van der Waals surface area (Å²) in [5.74, 6) is 0.449. The van der Waals surface area contributed by atoms with Crippen LogP contribution >= 0.6 is 0 Å². The molecular weight excluding hydrogens is 246 g/mol. The number of rotatable bonds is 2. The van der Waals surface area contributed by atoms with E-state index >= 15 is 0 Å². The van der Waals surface area contributed by atoms with E-state index in [0.717, 1.165) is 5.69 Å². The summed E-state index contributed by atoms with van der Waals surface area (Å²) in [4.78, 5) is 18.3. The summed E-state index contributed by atoms with van der Waals surface area (Å²) in [6.07, 6.45) is 1.54. The molecule has 3 aromatic heterocycles. The van der Waals surface area contributed by atoms with Crippen molar-refractivity contribution in [3.8, 4) is 23.0 Å². The third-order valence-electron chi connectivity index (χ3n) is 2.50. The summed E-state index contributed by atoms with van der Waals surface area (Å²) in [5.41, 5.74) is 1.33. The van der Waals surface area contributed by atoms with Crippen LogP contribution in [0.3, 0.4) is 0 Å². The number of aromatic nitrogens is 5. The van der Waals surface area contributed by atoms with Gasteiger partial charge in [-0.3, -0.25) is 4.79 Å². The Hall–Kier alpha value is -2.83. The largest absolute Gasteiger partial charge is 0.333 e. The van der Waals surface area contributed by atoms with E-state index in [1.54, 1.807) is 24.3 Å². The second-order valence-electron chi connectivity index (χ2n) is 3.90. The smallest absolute Gasteiger partial charge is 0.263 e. The Morgan fingerprint density at radius 1 is 1.21 bits per heavy atom. The normalized spacial score (nSPS) is 10.6. The Kier molecular flexibility index (Phi) is 2.64. The van der Waals surface area contributed by atoms with Crippen LogP contribution in [0.15, 0.2) is 39.8 Å². The molecule has 0 saturated heterocycles. The predicted molar refractivity (Wildman–Crippen MR) is 66.1 cm³/mol. The minimum Gasteiger partial charge on any atom is -0.333 e. The van der Waals surface area contributed by atoms with Gasteiger partial charge in [-0.05, 0) is 31.2 Å². The maximum Gasteiger partial charge on any atom is 0.263 e. The number of nitrogens with zero attached hydrogens (tertiary/aromatic N) is 4. The SMILES string of the molecule is Cc1ccc(-c2noc(-c3ccc[nH]c3=O)n2)nn1. The van der Waals surface area contributed by atoms with Crippen LogP contribution in [-0.2, 0) is 0 Å². The molecule has 0 fully saturated rings. The summed E-state index contributed by atoms with van der Waals surface area (Å²) < 4.78 is 5.07. The molecule has 0 saturated carbocycles. The second kappa shape index (κ2) is 4.45. The third-order valence-corrected chi connectivity index (χ3v) is 2.50. The topological polar surface area (TPSA) is 97.6 Å². The number of hydrogen-bond acceptors (Lipinski definition) is 6. The first-order valence-electron chi connectivity index (χ1n) is 5.56. The van der Waals surface area contributed by atoms with Gasteiger partial charge < -0.3 is 9.51 Å². The molecule has 0 atom stereocenters. The Morgan fingerprint density at radius 3 is 2.84 bits per heavy atom. The van der Waals surface area contributed by atoms with Crippen LogP contribution < -0.4 is 5.56 Å². The second-order valence-corrected chi connectivity index (χ2v) is 3.90. The number of H-pyrrole nitrogens is 1. The maximum atomic E-state index is 11.6. The molecule has 0 aliphatic heterocycles. The molecule has 19 heavy (non-hydrogen) atoms. The van der Waals surface area contributed by atoms with Crippen LogP contribution in [0, 0.1) is 6.92 Å². The average Bonchev–Trinajstić information content (AvgIpc) is 2.89. The molecule has 3 aromatic rings. The fraction of sp³-hybridized carbons (Fsp3) is 0.0833. The van der Waals surface area contributed by atoms with Gasteiger partial charge in [-0.15, -0.1) is 5.10 Å². The van der Waals surface area contributed by atoms with Crippen LogP contribution in [-0.4, -0.2) is 25.3 Å². The van der Waals surface area contributed by atoms with Crippen molar-refractivity contribution in [2.24, 2.45) is 0 Å². The fourth-order valence-electron chi connectivity index (χ4n) is 1.55. The third kappa shape index (κ3) is 2.13. The molecule has 94 valence electrons. The van der Waals surface area contributed by atoms with Gasteiger partial charge in [0, 0.05) is 6.20 Å². The van der Waals surface area contributed by atoms with Gasteiger partial charge in [0.05, 0.1) is 5.69 Å². The van der Waals surface area contributed by atoms with Crippen molar-refractivity contribution in [2.75, 3.05) is 0 Å². The van der Waals surface area contributed by atoms with Crippen molar-refractivity contribution in [3.05, 3.63) is 46.5 Å². The molecule has 7 nitrogen and oxygen atoms in total. The molecule has 0 aliphatic carbocycles. The van der Waals surface area contributed by atoms with Crippen molar-refractivity contribution in [1.82, 2.24) is 25.3 Å². The van der Waals surface area contributed by atoms with E-state index in [9.17, 15) is 4.79 Å². The molecule has 0 amide bonds. The summed E-state index contributed by atoms with van der Waals surface area (Å²) in [5, 5.41) is 11.7. The maximum absolute atomic E-state index is 11.6. The van der Waals surface area contributed by atoms with Crippen LogP contribution in [0.2, 0.25) is 0 Å². The molecule has 0 bridgehead atoms. The minimum atomic E-state index is -0.285.